The number of aryl methyl sites for hydroxylation is 1. The Bertz CT molecular complexity index is 602. The Balaban J connectivity index is 1.85. The standard InChI is InChI=1S/C11H14N4O2S2/c1-7(8-4-3-5-18-8)12-9(16)6-19-11-13-10(17)14-15(11)2/h3-5,7H,6H2,1-2H3,(H,12,16)(H,14,17). The van der Waals surface area contributed by atoms with Gasteiger partial charge in [-0.05, 0) is 18.4 Å². The van der Waals surface area contributed by atoms with Crippen molar-refractivity contribution in [3.8, 4) is 0 Å². The van der Waals surface area contributed by atoms with E-state index in [1.165, 1.54) is 16.4 Å². The van der Waals surface area contributed by atoms with E-state index in [0.717, 1.165) is 4.88 Å². The Morgan fingerprint density at radius 2 is 2.47 bits per heavy atom. The number of aromatic nitrogens is 3. The van der Waals surface area contributed by atoms with Crippen molar-refractivity contribution in [1.82, 2.24) is 20.1 Å². The van der Waals surface area contributed by atoms with Crippen LogP contribution in [-0.4, -0.2) is 26.4 Å². The molecule has 1 amide bonds. The van der Waals surface area contributed by atoms with Crippen LogP contribution in [-0.2, 0) is 11.8 Å². The lowest BCUT2D eigenvalue weighted by molar-refractivity contribution is -0.119. The smallest absolute Gasteiger partial charge is 0.348 e. The first-order valence-corrected chi connectivity index (χ1v) is 7.51. The molecule has 0 aromatic carbocycles. The number of hydrogen-bond donors (Lipinski definition) is 2. The maximum atomic E-state index is 11.8. The van der Waals surface area contributed by atoms with Gasteiger partial charge in [0.1, 0.15) is 0 Å². The van der Waals surface area contributed by atoms with Crippen LogP contribution < -0.4 is 11.0 Å². The second-order valence-electron chi connectivity index (χ2n) is 3.96. The number of nitrogens with one attached hydrogen (secondary N) is 2. The second-order valence-corrected chi connectivity index (χ2v) is 5.89. The molecule has 2 rings (SSSR count). The molecule has 0 bridgehead atoms. The van der Waals surface area contributed by atoms with E-state index in [0.29, 0.717) is 5.16 Å². The molecule has 0 aliphatic carbocycles. The topological polar surface area (TPSA) is 79.8 Å². The minimum Gasteiger partial charge on any atom is -0.348 e. The van der Waals surface area contributed by atoms with Crippen molar-refractivity contribution in [3.05, 3.63) is 32.9 Å². The summed E-state index contributed by atoms with van der Waals surface area (Å²) < 4.78 is 1.50. The van der Waals surface area contributed by atoms with Crippen molar-refractivity contribution in [1.29, 1.82) is 0 Å². The lowest BCUT2D eigenvalue weighted by Crippen LogP contribution is -2.27. The fourth-order valence-corrected chi connectivity index (χ4v) is 2.99. The maximum absolute atomic E-state index is 11.8. The molecule has 6 nitrogen and oxygen atoms in total. The van der Waals surface area contributed by atoms with E-state index in [4.69, 9.17) is 0 Å². The zero-order valence-corrected chi connectivity index (χ0v) is 12.2. The first kappa shape index (κ1) is 13.9. The van der Waals surface area contributed by atoms with Crippen molar-refractivity contribution in [3.63, 3.8) is 0 Å². The van der Waals surface area contributed by atoms with Gasteiger partial charge >= 0.3 is 5.69 Å². The average molecular weight is 298 g/mol. The van der Waals surface area contributed by atoms with Gasteiger partial charge in [0.15, 0.2) is 5.16 Å². The van der Waals surface area contributed by atoms with Crippen LogP contribution in [0, 0.1) is 0 Å². The van der Waals surface area contributed by atoms with Gasteiger partial charge in [-0.3, -0.25) is 9.48 Å². The molecule has 2 heterocycles. The van der Waals surface area contributed by atoms with Crippen LogP contribution in [0.4, 0.5) is 0 Å². The van der Waals surface area contributed by atoms with Gasteiger partial charge in [0.25, 0.3) is 0 Å². The molecule has 8 heteroatoms. The van der Waals surface area contributed by atoms with Gasteiger partial charge in [-0.25, -0.2) is 9.89 Å². The molecular weight excluding hydrogens is 284 g/mol. The van der Waals surface area contributed by atoms with Crippen LogP contribution in [0.15, 0.2) is 27.5 Å². The quantitative estimate of drug-likeness (QED) is 0.811. The van der Waals surface area contributed by atoms with E-state index in [-0.39, 0.29) is 17.7 Å². The minimum atomic E-state index is -0.405. The molecule has 2 N–H and O–H groups in total. The fraction of sp³-hybridized carbons (Fsp3) is 0.364. The lowest BCUT2D eigenvalue weighted by atomic mass is 10.3. The summed E-state index contributed by atoms with van der Waals surface area (Å²) >= 11 is 2.84. The number of H-pyrrole nitrogens is 1. The van der Waals surface area contributed by atoms with E-state index in [1.54, 1.807) is 18.4 Å². The van der Waals surface area contributed by atoms with Crippen LogP contribution in [0.5, 0.6) is 0 Å². The molecule has 1 atom stereocenters. The summed E-state index contributed by atoms with van der Waals surface area (Å²) in [6.07, 6.45) is 0. The van der Waals surface area contributed by atoms with Crippen LogP contribution in [0.1, 0.15) is 17.8 Å². The number of thiophene rings is 1. The number of amides is 1. The number of carbonyl (C=O) groups excluding carboxylic acids is 1. The van der Waals surface area contributed by atoms with Gasteiger partial charge in [-0.2, -0.15) is 4.98 Å². The average Bonchev–Trinajstić information content (AvgIpc) is 2.96. The summed E-state index contributed by atoms with van der Waals surface area (Å²) in [5, 5.41) is 7.88. The van der Waals surface area contributed by atoms with Gasteiger partial charge in [0.05, 0.1) is 11.8 Å². The summed E-state index contributed by atoms with van der Waals surface area (Å²) in [5.74, 6) is 0.148. The Morgan fingerprint density at radius 3 is 3.05 bits per heavy atom. The number of carbonyl (C=O) groups is 1. The Morgan fingerprint density at radius 1 is 1.68 bits per heavy atom. The summed E-state index contributed by atoms with van der Waals surface area (Å²) in [6, 6.07) is 3.94. The Labute approximate surface area is 118 Å². The first-order valence-electron chi connectivity index (χ1n) is 5.65. The summed E-state index contributed by atoms with van der Waals surface area (Å²) in [5.41, 5.74) is -0.405. The summed E-state index contributed by atoms with van der Waals surface area (Å²) in [7, 11) is 1.68. The molecule has 0 saturated heterocycles. The molecule has 1 unspecified atom stereocenters. The van der Waals surface area contributed by atoms with Crippen molar-refractivity contribution in [2.45, 2.75) is 18.1 Å². The molecule has 2 aromatic heterocycles. The molecule has 0 aliphatic rings. The molecule has 0 fully saturated rings. The van der Waals surface area contributed by atoms with Crippen molar-refractivity contribution >= 4 is 29.0 Å². The van der Waals surface area contributed by atoms with Crippen molar-refractivity contribution < 1.29 is 4.79 Å². The minimum absolute atomic E-state index is 0.00361. The number of nitrogens with zero attached hydrogens (tertiary/aromatic N) is 2. The van der Waals surface area contributed by atoms with Crippen molar-refractivity contribution in [2.75, 3.05) is 5.75 Å². The van der Waals surface area contributed by atoms with Crippen LogP contribution >= 0.6 is 23.1 Å². The number of aromatic amines is 1. The molecular formula is C11H14N4O2S2. The van der Waals surface area contributed by atoms with Gasteiger partial charge in [-0.1, -0.05) is 17.8 Å². The molecule has 102 valence electrons. The summed E-state index contributed by atoms with van der Waals surface area (Å²) in [4.78, 5) is 27.6. The van der Waals surface area contributed by atoms with Crippen LogP contribution in [0.3, 0.4) is 0 Å². The largest absolute Gasteiger partial charge is 0.362 e. The van der Waals surface area contributed by atoms with Crippen molar-refractivity contribution in [2.24, 2.45) is 7.05 Å². The summed E-state index contributed by atoms with van der Waals surface area (Å²) in [6.45, 7) is 1.94. The first-order chi connectivity index (χ1) is 9.06. The normalized spacial score (nSPS) is 12.3. The Kier molecular flexibility index (Phi) is 4.43. The monoisotopic (exact) mass is 298 g/mol. The van der Waals surface area contributed by atoms with Gasteiger partial charge < -0.3 is 5.32 Å². The van der Waals surface area contributed by atoms with Gasteiger partial charge in [-0.15, -0.1) is 11.3 Å². The molecule has 19 heavy (non-hydrogen) atoms. The number of hydrogen-bond acceptors (Lipinski definition) is 5. The second kappa shape index (κ2) is 6.07. The third-order valence-electron chi connectivity index (χ3n) is 2.43. The third-order valence-corrected chi connectivity index (χ3v) is 4.51. The molecule has 2 aromatic rings. The van der Waals surface area contributed by atoms with Crippen LogP contribution in [0.2, 0.25) is 0 Å². The van der Waals surface area contributed by atoms with E-state index in [1.807, 2.05) is 24.4 Å². The highest BCUT2D eigenvalue weighted by atomic mass is 32.2. The lowest BCUT2D eigenvalue weighted by Gasteiger charge is -2.11. The van der Waals surface area contributed by atoms with Crippen LogP contribution in [0.25, 0.3) is 0 Å². The SMILES string of the molecule is CC(NC(=O)CSc1nc(=O)[nH]n1C)c1cccs1. The predicted molar refractivity (Wildman–Crippen MR) is 75.4 cm³/mol. The zero-order chi connectivity index (χ0) is 13.8. The maximum Gasteiger partial charge on any atom is 0.362 e. The van der Waals surface area contributed by atoms with Gasteiger partial charge in [0.2, 0.25) is 5.91 Å². The highest BCUT2D eigenvalue weighted by molar-refractivity contribution is 7.99. The molecule has 0 saturated carbocycles. The number of rotatable bonds is 5. The predicted octanol–water partition coefficient (Wildman–Crippen LogP) is 1.14. The fourth-order valence-electron chi connectivity index (χ4n) is 1.53. The molecule has 0 spiro atoms. The van der Waals surface area contributed by atoms with E-state index < -0.39 is 5.69 Å². The zero-order valence-electron chi connectivity index (χ0n) is 10.5. The highest BCUT2D eigenvalue weighted by Gasteiger charge is 2.12. The molecule has 0 aliphatic heterocycles. The Hall–Kier alpha value is -1.54. The van der Waals surface area contributed by atoms with E-state index >= 15 is 0 Å². The third kappa shape index (κ3) is 3.71. The van der Waals surface area contributed by atoms with E-state index in [9.17, 15) is 9.59 Å². The highest BCUT2D eigenvalue weighted by Crippen LogP contribution is 2.18. The molecule has 0 radical (unpaired) electrons. The van der Waals surface area contributed by atoms with Gasteiger partial charge in [0, 0.05) is 11.9 Å². The van der Waals surface area contributed by atoms with E-state index in [2.05, 4.69) is 15.4 Å². The number of thioether (sulfide) groups is 1.